The van der Waals surface area contributed by atoms with Crippen molar-refractivity contribution in [3.8, 4) is 0 Å². The molecule has 0 atom stereocenters. The van der Waals surface area contributed by atoms with Crippen LogP contribution in [0.4, 0.5) is 13.2 Å². The van der Waals surface area contributed by atoms with E-state index < -0.39 is 31.7 Å². The summed E-state index contributed by atoms with van der Waals surface area (Å²) in [4.78, 5) is 13.6. The molecule has 10 heteroatoms. The van der Waals surface area contributed by atoms with Crippen molar-refractivity contribution in [2.45, 2.75) is 36.8 Å². The van der Waals surface area contributed by atoms with Gasteiger partial charge in [-0.1, -0.05) is 24.4 Å². The third-order valence-corrected chi connectivity index (χ3v) is 7.36. The Labute approximate surface area is 161 Å². The summed E-state index contributed by atoms with van der Waals surface area (Å²) >= 11 is 5.56. The number of nitrogens with zero attached hydrogens (tertiary/aromatic N) is 2. The Morgan fingerprint density at radius 3 is 2.22 bits per heavy atom. The summed E-state index contributed by atoms with van der Waals surface area (Å²) in [6.45, 7) is 0.609. The van der Waals surface area contributed by atoms with Gasteiger partial charge in [0.2, 0.25) is 15.9 Å². The smallest absolute Gasteiger partial charge is 0.340 e. The summed E-state index contributed by atoms with van der Waals surface area (Å²) < 4.78 is 65.6. The lowest BCUT2D eigenvalue weighted by molar-refractivity contribution is -0.138. The largest absolute Gasteiger partial charge is 0.417 e. The van der Waals surface area contributed by atoms with E-state index in [9.17, 15) is 26.4 Å². The van der Waals surface area contributed by atoms with Gasteiger partial charge in [-0.3, -0.25) is 4.79 Å². The molecule has 1 aromatic carbocycles. The Bertz CT molecular complexity index is 815. The molecule has 5 nitrogen and oxygen atoms in total. The number of halogens is 4. The van der Waals surface area contributed by atoms with E-state index in [2.05, 4.69) is 0 Å². The van der Waals surface area contributed by atoms with Crippen LogP contribution in [0, 0.1) is 5.92 Å². The molecule has 0 bridgehead atoms. The van der Waals surface area contributed by atoms with Crippen LogP contribution >= 0.6 is 11.6 Å². The maximum absolute atomic E-state index is 13.0. The summed E-state index contributed by atoms with van der Waals surface area (Å²) in [5.74, 6) is 0.0640. The first kappa shape index (κ1) is 20.4. The Kier molecular flexibility index (Phi) is 5.74. The fraction of sp³-hybridized carbons (Fsp3) is 0.588. The number of carbonyl (C=O) groups is 1. The third-order valence-electron chi connectivity index (χ3n) is 5.14. The Morgan fingerprint density at radius 1 is 1.07 bits per heavy atom. The van der Waals surface area contributed by atoms with Crippen LogP contribution in [0.25, 0.3) is 0 Å². The van der Waals surface area contributed by atoms with Gasteiger partial charge in [-0.2, -0.15) is 17.5 Å². The molecule has 1 heterocycles. The van der Waals surface area contributed by atoms with E-state index in [-0.39, 0.29) is 38.0 Å². The first-order valence-electron chi connectivity index (χ1n) is 8.76. The van der Waals surface area contributed by atoms with E-state index in [1.165, 1.54) is 0 Å². The van der Waals surface area contributed by atoms with Crippen molar-refractivity contribution in [1.29, 1.82) is 0 Å². The fourth-order valence-electron chi connectivity index (χ4n) is 3.61. The third kappa shape index (κ3) is 4.25. The second-order valence-electron chi connectivity index (χ2n) is 6.85. The molecule has 1 aromatic rings. The Morgan fingerprint density at radius 2 is 1.67 bits per heavy atom. The van der Waals surface area contributed by atoms with Gasteiger partial charge in [0.15, 0.2) is 0 Å². The molecule has 0 unspecified atom stereocenters. The summed E-state index contributed by atoms with van der Waals surface area (Å²) in [5, 5.41) is -0.548. The number of rotatable bonds is 3. The zero-order valence-electron chi connectivity index (χ0n) is 14.5. The molecular weight excluding hydrogens is 405 g/mol. The van der Waals surface area contributed by atoms with Gasteiger partial charge >= 0.3 is 6.18 Å². The zero-order chi connectivity index (χ0) is 19.8. The van der Waals surface area contributed by atoms with Gasteiger partial charge in [0.1, 0.15) is 0 Å². The van der Waals surface area contributed by atoms with Crippen molar-refractivity contribution in [3.05, 3.63) is 28.8 Å². The lowest BCUT2D eigenvalue weighted by Gasteiger charge is -2.35. The normalized spacial score (nSPS) is 20.2. The van der Waals surface area contributed by atoms with Crippen molar-refractivity contribution in [3.63, 3.8) is 0 Å². The molecule has 1 aliphatic heterocycles. The highest BCUT2D eigenvalue weighted by atomic mass is 35.5. The molecule has 0 radical (unpaired) electrons. The molecule has 0 N–H and O–H groups in total. The summed E-state index contributed by atoms with van der Waals surface area (Å²) in [6, 6.07) is 2.58. The molecule has 1 aliphatic carbocycles. The van der Waals surface area contributed by atoms with Crippen molar-refractivity contribution in [2.24, 2.45) is 5.92 Å². The van der Waals surface area contributed by atoms with Crippen LogP contribution in [0.5, 0.6) is 0 Å². The van der Waals surface area contributed by atoms with Gasteiger partial charge in [0.25, 0.3) is 0 Å². The van der Waals surface area contributed by atoms with E-state index in [4.69, 9.17) is 11.6 Å². The van der Waals surface area contributed by atoms with Gasteiger partial charge in [-0.25, -0.2) is 8.42 Å². The number of amides is 1. The molecule has 1 saturated carbocycles. The fourth-order valence-corrected chi connectivity index (χ4v) is 5.28. The lowest BCUT2D eigenvalue weighted by atomic mass is 10.1. The van der Waals surface area contributed by atoms with Crippen LogP contribution in [0.3, 0.4) is 0 Å². The molecule has 0 aromatic heterocycles. The highest BCUT2D eigenvalue weighted by molar-refractivity contribution is 7.89. The predicted octanol–water partition coefficient (Wildman–Crippen LogP) is 3.38. The Hall–Kier alpha value is -1.32. The first-order chi connectivity index (χ1) is 12.6. The van der Waals surface area contributed by atoms with Crippen molar-refractivity contribution >= 4 is 27.5 Å². The minimum Gasteiger partial charge on any atom is -0.340 e. The molecule has 0 spiro atoms. The number of hydrogen-bond donors (Lipinski definition) is 0. The van der Waals surface area contributed by atoms with E-state index in [0.717, 1.165) is 42.1 Å². The quantitative estimate of drug-likeness (QED) is 0.747. The zero-order valence-corrected chi connectivity index (χ0v) is 16.1. The second-order valence-corrected chi connectivity index (χ2v) is 9.20. The number of sulfonamides is 1. The van der Waals surface area contributed by atoms with E-state index in [0.29, 0.717) is 6.07 Å². The molecule has 2 fully saturated rings. The molecular formula is C17H20ClF3N2O3S. The molecule has 1 saturated heterocycles. The monoisotopic (exact) mass is 424 g/mol. The van der Waals surface area contributed by atoms with Crippen LogP contribution in [-0.2, 0) is 21.0 Å². The van der Waals surface area contributed by atoms with Gasteiger partial charge in [0.05, 0.1) is 15.5 Å². The number of carbonyl (C=O) groups excluding carboxylic acids is 1. The van der Waals surface area contributed by atoms with Gasteiger partial charge < -0.3 is 4.90 Å². The van der Waals surface area contributed by atoms with Crippen LogP contribution < -0.4 is 0 Å². The van der Waals surface area contributed by atoms with E-state index in [1.54, 1.807) is 4.90 Å². The van der Waals surface area contributed by atoms with Crippen LogP contribution in [0.1, 0.15) is 31.2 Å². The highest BCUT2D eigenvalue weighted by Gasteiger charge is 2.37. The van der Waals surface area contributed by atoms with Gasteiger partial charge in [0, 0.05) is 32.1 Å². The highest BCUT2D eigenvalue weighted by Crippen LogP contribution is 2.36. The minimum absolute atomic E-state index is 0.0127. The standard InChI is InChI=1S/C17H20ClF3N2O3S/c18-15-6-5-13(11-14(15)17(19,20)21)27(25,26)23-9-7-22(8-10-23)16(24)12-3-1-2-4-12/h5-6,11-12H,1-4,7-10H2. The van der Waals surface area contributed by atoms with Gasteiger partial charge in [-0.05, 0) is 31.0 Å². The molecule has 2 aliphatic rings. The average molecular weight is 425 g/mol. The maximum atomic E-state index is 13.0. The van der Waals surface area contributed by atoms with Crippen LogP contribution in [-0.4, -0.2) is 49.7 Å². The SMILES string of the molecule is O=C(C1CCCC1)N1CCN(S(=O)(=O)c2ccc(Cl)c(C(F)(F)F)c2)CC1. The lowest BCUT2D eigenvalue weighted by Crippen LogP contribution is -2.51. The van der Waals surface area contributed by atoms with Crippen LogP contribution in [0.15, 0.2) is 23.1 Å². The number of benzene rings is 1. The Balaban J connectivity index is 1.73. The molecule has 27 heavy (non-hydrogen) atoms. The number of alkyl halides is 3. The van der Waals surface area contributed by atoms with Crippen molar-refractivity contribution in [2.75, 3.05) is 26.2 Å². The van der Waals surface area contributed by atoms with Gasteiger partial charge in [-0.15, -0.1) is 0 Å². The number of hydrogen-bond acceptors (Lipinski definition) is 3. The van der Waals surface area contributed by atoms with E-state index in [1.807, 2.05) is 0 Å². The van der Waals surface area contributed by atoms with Crippen LogP contribution in [0.2, 0.25) is 5.02 Å². The molecule has 1 amide bonds. The predicted molar refractivity (Wildman–Crippen MR) is 93.8 cm³/mol. The molecule has 150 valence electrons. The minimum atomic E-state index is -4.74. The topological polar surface area (TPSA) is 57.7 Å². The maximum Gasteiger partial charge on any atom is 0.417 e. The summed E-state index contributed by atoms with van der Waals surface area (Å²) in [6.07, 6.45) is -0.953. The van der Waals surface area contributed by atoms with Crippen molar-refractivity contribution in [1.82, 2.24) is 9.21 Å². The first-order valence-corrected chi connectivity index (χ1v) is 10.6. The molecule has 3 rings (SSSR count). The summed E-state index contributed by atoms with van der Waals surface area (Å²) in [7, 11) is -4.09. The summed E-state index contributed by atoms with van der Waals surface area (Å²) in [5.41, 5.74) is -1.18. The number of piperazine rings is 1. The van der Waals surface area contributed by atoms with Crippen molar-refractivity contribution < 1.29 is 26.4 Å². The second kappa shape index (κ2) is 7.60. The average Bonchev–Trinajstić information content (AvgIpc) is 3.15. The van der Waals surface area contributed by atoms with E-state index >= 15 is 0 Å².